The van der Waals surface area contributed by atoms with Crippen LogP contribution < -0.4 is 0 Å². The summed E-state index contributed by atoms with van der Waals surface area (Å²) in [6.45, 7) is 1.85. The molecule has 0 bridgehead atoms. The Morgan fingerprint density at radius 2 is 2.14 bits per heavy atom. The van der Waals surface area contributed by atoms with Gasteiger partial charge in [0.05, 0.1) is 11.5 Å². The van der Waals surface area contributed by atoms with Gasteiger partial charge in [0.2, 0.25) is 0 Å². The van der Waals surface area contributed by atoms with E-state index in [1.807, 2.05) is 6.92 Å². The van der Waals surface area contributed by atoms with Crippen LogP contribution in [-0.2, 0) is 5.41 Å². The number of nitriles is 1. The molecule has 3 heteroatoms. The lowest BCUT2D eigenvalue weighted by molar-refractivity contribution is 0.596. The second-order valence-corrected chi connectivity index (χ2v) is 4.58. The molecule has 1 aliphatic rings. The van der Waals surface area contributed by atoms with Crippen molar-refractivity contribution in [2.45, 2.75) is 25.2 Å². The van der Waals surface area contributed by atoms with Crippen molar-refractivity contribution < 1.29 is 4.39 Å². The second-order valence-electron chi connectivity index (χ2n) is 3.72. The van der Waals surface area contributed by atoms with E-state index in [4.69, 9.17) is 5.26 Å². The lowest BCUT2D eigenvalue weighted by atomic mass is 9.93. The Bertz CT molecular complexity index is 430. The maximum absolute atomic E-state index is 13.6. The molecular weight excluding hydrogens is 245 g/mol. The van der Waals surface area contributed by atoms with E-state index in [2.05, 4.69) is 22.0 Å². The SMILES string of the molecule is Cc1c(Br)ccc(F)c1C1(C#N)CC1. The third-order valence-electron chi connectivity index (χ3n) is 2.79. The van der Waals surface area contributed by atoms with Gasteiger partial charge in [0.1, 0.15) is 5.82 Å². The predicted octanol–water partition coefficient (Wildman–Crippen LogP) is 3.45. The van der Waals surface area contributed by atoms with Crippen LogP contribution in [0.4, 0.5) is 4.39 Å². The summed E-state index contributed by atoms with van der Waals surface area (Å²) in [4.78, 5) is 0. The second kappa shape index (κ2) is 3.06. The van der Waals surface area contributed by atoms with Gasteiger partial charge in [0.25, 0.3) is 0 Å². The quantitative estimate of drug-likeness (QED) is 0.752. The van der Waals surface area contributed by atoms with Gasteiger partial charge in [-0.1, -0.05) is 15.9 Å². The summed E-state index contributed by atoms with van der Waals surface area (Å²) in [5.41, 5.74) is 0.885. The van der Waals surface area contributed by atoms with Crippen LogP contribution in [0, 0.1) is 24.1 Å². The summed E-state index contributed by atoms with van der Waals surface area (Å²) >= 11 is 3.35. The van der Waals surface area contributed by atoms with Crippen molar-refractivity contribution >= 4 is 15.9 Å². The maximum atomic E-state index is 13.6. The molecule has 0 amide bonds. The highest BCUT2D eigenvalue weighted by Crippen LogP contribution is 2.50. The van der Waals surface area contributed by atoms with Gasteiger partial charge < -0.3 is 0 Å². The van der Waals surface area contributed by atoms with E-state index in [1.165, 1.54) is 6.07 Å². The molecule has 0 radical (unpaired) electrons. The first-order valence-corrected chi connectivity index (χ1v) is 5.26. The van der Waals surface area contributed by atoms with Crippen molar-refractivity contribution in [2.24, 2.45) is 0 Å². The number of benzene rings is 1. The fourth-order valence-corrected chi connectivity index (χ4v) is 2.11. The zero-order chi connectivity index (χ0) is 10.3. The molecule has 1 aromatic rings. The first kappa shape index (κ1) is 9.67. The Morgan fingerprint density at radius 1 is 1.50 bits per heavy atom. The van der Waals surface area contributed by atoms with Crippen molar-refractivity contribution in [2.75, 3.05) is 0 Å². The van der Waals surface area contributed by atoms with Crippen molar-refractivity contribution in [1.29, 1.82) is 5.26 Å². The van der Waals surface area contributed by atoms with Crippen LogP contribution in [0.5, 0.6) is 0 Å². The van der Waals surface area contributed by atoms with Crippen LogP contribution in [0.1, 0.15) is 24.0 Å². The largest absolute Gasteiger partial charge is 0.207 e. The van der Waals surface area contributed by atoms with E-state index in [-0.39, 0.29) is 5.82 Å². The minimum atomic E-state index is -0.544. The summed E-state index contributed by atoms with van der Waals surface area (Å²) < 4.78 is 14.5. The zero-order valence-corrected chi connectivity index (χ0v) is 9.36. The van der Waals surface area contributed by atoms with Gasteiger partial charge >= 0.3 is 0 Å². The summed E-state index contributed by atoms with van der Waals surface area (Å²) in [6, 6.07) is 5.32. The van der Waals surface area contributed by atoms with Gasteiger partial charge in [-0.05, 0) is 37.5 Å². The fourth-order valence-electron chi connectivity index (χ4n) is 1.78. The summed E-state index contributed by atoms with van der Waals surface area (Å²) in [7, 11) is 0. The van der Waals surface area contributed by atoms with Crippen molar-refractivity contribution in [3.63, 3.8) is 0 Å². The van der Waals surface area contributed by atoms with Gasteiger partial charge in [-0.15, -0.1) is 0 Å². The van der Waals surface area contributed by atoms with Crippen molar-refractivity contribution in [3.8, 4) is 6.07 Å². The van der Waals surface area contributed by atoms with E-state index in [1.54, 1.807) is 6.07 Å². The highest BCUT2D eigenvalue weighted by atomic mass is 79.9. The molecule has 0 aromatic heterocycles. The summed E-state index contributed by atoms with van der Waals surface area (Å²) in [5.74, 6) is -0.259. The Morgan fingerprint density at radius 3 is 2.64 bits per heavy atom. The number of hydrogen-bond donors (Lipinski definition) is 0. The summed E-state index contributed by atoms with van der Waals surface area (Å²) in [6.07, 6.45) is 1.55. The van der Waals surface area contributed by atoms with Crippen LogP contribution in [0.3, 0.4) is 0 Å². The van der Waals surface area contributed by atoms with Crippen LogP contribution in [0.2, 0.25) is 0 Å². The number of nitrogens with zero attached hydrogens (tertiary/aromatic N) is 1. The molecule has 1 fully saturated rings. The van der Waals surface area contributed by atoms with Gasteiger partial charge in [-0.3, -0.25) is 0 Å². The molecule has 0 unspecified atom stereocenters. The molecule has 1 aliphatic carbocycles. The monoisotopic (exact) mass is 253 g/mol. The molecule has 0 heterocycles. The van der Waals surface area contributed by atoms with Gasteiger partial charge in [0.15, 0.2) is 0 Å². The van der Waals surface area contributed by atoms with E-state index < -0.39 is 5.41 Å². The van der Waals surface area contributed by atoms with Gasteiger partial charge in [-0.2, -0.15) is 5.26 Å². The first-order chi connectivity index (χ1) is 6.60. The minimum Gasteiger partial charge on any atom is -0.207 e. The van der Waals surface area contributed by atoms with Gasteiger partial charge in [0, 0.05) is 10.0 Å². The number of hydrogen-bond acceptors (Lipinski definition) is 1. The van der Waals surface area contributed by atoms with E-state index >= 15 is 0 Å². The van der Waals surface area contributed by atoms with Crippen LogP contribution in [-0.4, -0.2) is 0 Å². The smallest absolute Gasteiger partial charge is 0.128 e. The lowest BCUT2D eigenvalue weighted by Crippen LogP contribution is -2.08. The Kier molecular flexibility index (Phi) is 2.11. The van der Waals surface area contributed by atoms with E-state index in [9.17, 15) is 4.39 Å². The lowest BCUT2D eigenvalue weighted by Gasteiger charge is -2.12. The molecular formula is C11H9BrFN. The third-order valence-corrected chi connectivity index (χ3v) is 3.65. The van der Waals surface area contributed by atoms with E-state index in [0.717, 1.165) is 22.9 Å². The maximum Gasteiger partial charge on any atom is 0.128 e. The standard InChI is InChI=1S/C11H9BrFN/c1-7-8(12)2-3-9(13)10(7)11(6-14)4-5-11/h2-3H,4-5H2,1H3. The number of rotatable bonds is 1. The summed E-state index contributed by atoms with van der Waals surface area (Å²) in [5, 5.41) is 9.02. The molecule has 2 rings (SSSR count). The Balaban J connectivity index is 2.64. The predicted molar refractivity (Wildman–Crippen MR) is 55.4 cm³/mol. The van der Waals surface area contributed by atoms with Crippen LogP contribution in [0.25, 0.3) is 0 Å². The molecule has 1 nitrogen and oxygen atoms in total. The Hall–Kier alpha value is -0.880. The highest BCUT2D eigenvalue weighted by molar-refractivity contribution is 9.10. The number of halogens is 2. The minimum absolute atomic E-state index is 0.259. The average Bonchev–Trinajstić information content (AvgIpc) is 2.93. The normalized spacial score (nSPS) is 17.6. The molecule has 0 N–H and O–H groups in total. The molecule has 0 atom stereocenters. The molecule has 1 aromatic carbocycles. The molecule has 0 saturated heterocycles. The fraction of sp³-hybridized carbons (Fsp3) is 0.364. The molecule has 1 saturated carbocycles. The van der Waals surface area contributed by atoms with Gasteiger partial charge in [-0.25, -0.2) is 4.39 Å². The average molecular weight is 254 g/mol. The molecule has 72 valence electrons. The van der Waals surface area contributed by atoms with Crippen molar-refractivity contribution in [1.82, 2.24) is 0 Å². The van der Waals surface area contributed by atoms with E-state index in [0.29, 0.717) is 5.56 Å². The van der Waals surface area contributed by atoms with Crippen LogP contribution >= 0.6 is 15.9 Å². The topological polar surface area (TPSA) is 23.8 Å². The Labute approximate surface area is 90.7 Å². The third kappa shape index (κ3) is 1.26. The zero-order valence-electron chi connectivity index (χ0n) is 7.77. The first-order valence-electron chi connectivity index (χ1n) is 4.47. The molecule has 14 heavy (non-hydrogen) atoms. The molecule has 0 aliphatic heterocycles. The van der Waals surface area contributed by atoms with Crippen molar-refractivity contribution in [3.05, 3.63) is 33.5 Å². The highest BCUT2D eigenvalue weighted by Gasteiger charge is 2.47. The van der Waals surface area contributed by atoms with Crippen LogP contribution in [0.15, 0.2) is 16.6 Å². The molecule has 0 spiro atoms.